The van der Waals surface area contributed by atoms with E-state index in [-0.39, 0.29) is 0 Å². The van der Waals surface area contributed by atoms with Gasteiger partial charge in [-0.3, -0.25) is 0 Å². The number of aromatic nitrogens is 2. The Bertz CT molecular complexity index is 1100. The Hall–Kier alpha value is -2.30. The fraction of sp³-hybridized carbons (Fsp3) is 0.286. The van der Waals surface area contributed by atoms with Crippen molar-refractivity contribution in [3.63, 3.8) is 0 Å². The van der Waals surface area contributed by atoms with E-state index in [1.54, 1.807) is 0 Å². The molecule has 0 radical (unpaired) electrons. The monoisotopic (exact) mass is 367 g/mol. The molecule has 134 valence electrons. The highest BCUT2D eigenvalue weighted by molar-refractivity contribution is 6.38. The van der Waals surface area contributed by atoms with Crippen LogP contribution in [0.25, 0.3) is 32.6 Å². The van der Waals surface area contributed by atoms with Crippen LogP contribution < -0.4 is 4.74 Å². The van der Waals surface area contributed by atoms with Gasteiger partial charge in [-0.15, -0.1) is 0 Å². The van der Waals surface area contributed by atoms with E-state index in [9.17, 15) is 0 Å². The fourth-order valence-electron chi connectivity index (χ4n) is 3.45. The Morgan fingerprint density at radius 1 is 1.15 bits per heavy atom. The molecule has 2 heterocycles. The van der Waals surface area contributed by atoms with E-state index >= 15 is 0 Å². The molecule has 0 atom stereocenters. The molecule has 0 unspecified atom stereocenters. The van der Waals surface area contributed by atoms with E-state index in [1.807, 2.05) is 19.2 Å². The predicted octanol–water partition coefficient (Wildman–Crippen LogP) is 5.16. The number of benzene rings is 2. The summed E-state index contributed by atoms with van der Waals surface area (Å²) < 4.78 is 5.92. The highest BCUT2D eigenvalue weighted by atomic mass is 35.5. The van der Waals surface area contributed by atoms with Gasteiger partial charge in [0.05, 0.1) is 12.1 Å². The quantitative estimate of drug-likeness (QED) is 0.391. The van der Waals surface area contributed by atoms with Gasteiger partial charge < -0.3 is 14.6 Å². The van der Waals surface area contributed by atoms with Gasteiger partial charge >= 0.3 is 0 Å². The van der Waals surface area contributed by atoms with Crippen LogP contribution in [0.5, 0.6) is 5.75 Å². The number of pyridine rings is 1. The Morgan fingerprint density at radius 3 is 2.81 bits per heavy atom. The summed E-state index contributed by atoms with van der Waals surface area (Å²) in [4.78, 5) is 9.98. The normalized spacial score (nSPS) is 11.9. The van der Waals surface area contributed by atoms with Gasteiger partial charge in [0.15, 0.2) is 0 Å². The molecular weight excluding hydrogens is 346 g/mol. The summed E-state index contributed by atoms with van der Waals surface area (Å²) in [5.74, 6) is 0.899. The number of hydrogen-bond donors (Lipinski definition) is 1. The Labute approximate surface area is 157 Å². The molecule has 1 N–H and O–H groups in total. The number of nitrogens with one attached hydrogen (secondary N) is 1. The second-order valence-corrected chi connectivity index (χ2v) is 7.34. The predicted molar refractivity (Wildman–Crippen MR) is 110 cm³/mol. The van der Waals surface area contributed by atoms with Crippen molar-refractivity contribution in [2.75, 3.05) is 27.2 Å². The van der Waals surface area contributed by atoms with Gasteiger partial charge in [-0.1, -0.05) is 17.7 Å². The van der Waals surface area contributed by atoms with Gasteiger partial charge in [0.25, 0.3) is 0 Å². The van der Waals surface area contributed by atoms with Crippen molar-refractivity contribution in [2.24, 2.45) is 0 Å². The molecule has 0 amide bonds. The van der Waals surface area contributed by atoms with Crippen LogP contribution in [-0.2, 0) is 0 Å². The lowest BCUT2D eigenvalue weighted by molar-refractivity contribution is 0.282. The first kappa shape index (κ1) is 17.1. The first-order chi connectivity index (χ1) is 12.5. The highest BCUT2D eigenvalue weighted by Gasteiger charge is 2.14. The van der Waals surface area contributed by atoms with Crippen molar-refractivity contribution in [3.05, 3.63) is 47.2 Å². The summed E-state index contributed by atoms with van der Waals surface area (Å²) in [6.07, 6.45) is 2.81. The van der Waals surface area contributed by atoms with Crippen molar-refractivity contribution in [2.45, 2.75) is 13.3 Å². The first-order valence-corrected chi connectivity index (χ1v) is 9.19. The van der Waals surface area contributed by atoms with Crippen molar-refractivity contribution >= 4 is 44.2 Å². The zero-order valence-corrected chi connectivity index (χ0v) is 16.0. The number of nitrogens with zero attached hydrogens (tertiary/aromatic N) is 2. The van der Waals surface area contributed by atoms with E-state index in [2.05, 4.69) is 53.2 Å². The summed E-state index contributed by atoms with van der Waals surface area (Å²) in [5, 5.41) is 4.95. The number of H-pyrrole nitrogens is 1. The van der Waals surface area contributed by atoms with Gasteiger partial charge in [-0.25, -0.2) is 4.98 Å². The maximum absolute atomic E-state index is 6.43. The third kappa shape index (κ3) is 3.00. The third-order valence-electron chi connectivity index (χ3n) is 4.74. The number of aryl methyl sites for hydroxylation is 1. The zero-order valence-electron chi connectivity index (χ0n) is 15.3. The summed E-state index contributed by atoms with van der Waals surface area (Å²) in [6.45, 7) is 3.78. The van der Waals surface area contributed by atoms with E-state index in [0.717, 1.165) is 56.9 Å². The maximum Gasteiger partial charge on any atom is 0.139 e. The standard InChI is InChI=1S/C21H22ClN3O/c1-13-12-23-21(22)19-18-16-7-6-15(26-10-4-9-25(2)3)11-14(16)5-8-17(18)24-20(13)19/h5-8,11-12,24H,4,9-10H2,1-3H3. The van der Waals surface area contributed by atoms with Gasteiger partial charge in [0, 0.05) is 29.0 Å². The Kier molecular flexibility index (Phi) is 4.47. The number of hydrogen-bond acceptors (Lipinski definition) is 3. The molecule has 4 rings (SSSR count). The minimum atomic E-state index is 0.536. The molecule has 4 aromatic rings. The molecule has 0 fully saturated rings. The van der Waals surface area contributed by atoms with Crippen LogP contribution >= 0.6 is 11.6 Å². The SMILES string of the molecule is Cc1cnc(Cl)c2c1[nH]c1ccc3cc(OCCCN(C)C)ccc3c12. The number of aromatic amines is 1. The van der Waals surface area contributed by atoms with Crippen LogP contribution in [0, 0.1) is 6.92 Å². The molecule has 0 bridgehead atoms. The van der Waals surface area contributed by atoms with Crippen LogP contribution in [-0.4, -0.2) is 42.1 Å². The molecule has 0 aliphatic rings. The molecule has 5 heteroatoms. The number of rotatable bonds is 5. The first-order valence-electron chi connectivity index (χ1n) is 8.81. The summed E-state index contributed by atoms with van der Waals surface area (Å²) in [5.41, 5.74) is 3.22. The molecule has 0 aliphatic heterocycles. The van der Waals surface area contributed by atoms with Crippen LogP contribution in [0.4, 0.5) is 0 Å². The number of fused-ring (bicyclic) bond motifs is 5. The summed E-state index contributed by atoms with van der Waals surface area (Å²) >= 11 is 6.43. The van der Waals surface area contributed by atoms with E-state index in [4.69, 9.17) is 16.3 Å². The molecule has 2 aromatic carbocycles. The molecule has 0 saturated carbocycles. The lowest BCUT2D eigenvalue weighted by atomic mass is 10.0. The Morgan fingerprint density at radius 2 is 2.00 bits per heavy atom. The second kappa shape index (κ2) is 6.78. The average Bonchev–Trinajstić information content (AvgIpc) is 3.03. The minimum Gasteiger partial charge on any atom is -0.494 e. The summed E-state index contributed by atoms with van der Waals surface area (Å²) in [7, 11) is 4.15. The highest BCUT2D eigenvalue weighted by Crippen LogP contribution is 2.37. The molecule has 0 aliphatic carbocycles. The van der Waals surface area contributed by atoms with Gasteiger partial charge in [-0.2, -0.15) is 0 Å². The second-order valence-electron chi connectivity index (χ2n) is 6.98. The van der Waals surface area contributed by atoms with Crippen molar-refractivity contribution in [3.8, 4) is 5.75 Å². The third-order valence-corrected chi connectivity index (χ3v) is 5.03. The molecular formula is C21H22ClN3O. The number of halogens is 1. The van der Waals surface area contributed by atoms with E-state index < -0.39 is 0 Å². The smallest absolute Gasteiger partial charge is 0.139 e. The van der Waals surface area contributed by atoms with Crippen LogP contribution in [0.3, 0.4) is 0 Å². The van der Waals surface area contributed by atoms with Gasteiger partial charge in [0.1, 0.15) is 10.9 Å². The van der Waals surface area contributed by atoms with Crippen molar-refractivity contribution < 1.29 is 4.74 Å². The van der Waals surface area contributed by atoms with E-state index in [1.165, 1.54) is 0 Å². The van der Waals surface area contributed by atoms with Gasteiger partial charge in [0.2, 0.25) is 0 Å². The molecule has 26 heavy (non-hydrogen) atoms. The molecule has 4 nitrogen and oxygen atoms in total. The van der Waals surface area contributed by atoms with E-state index in [0.29, 0.717) is 11.8 Å². The zero-order chi connectivity index (χ0) is 18.3. The lowest BCUT2D eigenvalue weighted by Gasteiger charge is -2.11. The Balaban J connectivity index is 1.77. The molecule has 2 aromatic heterocycles. The average molecular weight is 368 g/mol. The lowest BCUT2D eigenvalue weighted by Crippen LogP contribution is -2.15. The molecule has 0 saturated heterocycles. The topological polar surface area (TPSA) is 41.1 Å². The largest absolute Gasteiger partial charge is 0.494 e. The van der Waals surface area contributed by atoms with Crippen molar-refractivity contribution in [1.82, 2.24) is 14.9 Å². The van der Waals surface area contributed by atoms with Crippen LogP contribution in [0.1, 0.15) is 12.0 Å². The number of ether oxygens (including phenoxy) is 1. The molecule has 0 spiro atoms. The summed E-state index contributed by atoms with van der Waals surface area (Å²) in [6, 6.07) is 10.5. The van der Waals surface area contributed by atoms with Crippen LogP contribution in [0.15, 0.2) is 36.5 Å². The van der Waals surface area contributed by atoms with Crippen LogP contribution in [0.2, 0.25) is 5.15 Å². The van der Waals surface area contributed by atoms with Crippen molar-refractivity contribution in [1.29, 1.82) is 0 Å². The minimum absolute atomic E-state index is 0.536. The fourth-order valence-corrected chi connectivity index (χ4v) is 3.69. The van der Waals surface area contributed by atoms with Gasteiger partial charge in [-0.05, 0) is 68.0 Å². The maximum atomic E-state index is 6.43.